The van der Waals surface area contributed by atoms with Gasteiger partial charge in [-0.3, -0.25) is 0 Å². The summed E-state index contributed by atoms with van der Waals surface area (Å²) < 4.78 is 0. The van der Waals surface area contributed by atoms with Gasteiger partial charge in [0.2, 0.25) is 0 Å². The average Bonchev–Trinajstić information content (AvgIpc) is 2.76. The van der Waals surface area contributed by atoms with Crippen LogP contribution in [0.3, 0.4) is 0 Å². The van der Waals surface area contributed by atoms with Gasteiger partial charge in [0.1, 0.15) is 6.04 Å². The second-order valence-corrected chi connectivity index (χ2v) is 6.56. The number of nitrogens with zero attached hydrogens (tertiary/aromatic N) is 2. The highest BCUT2D eigenvalue weighted by Crippen LogP contribution is 2.37. The molecule has 5 nitrogen and oxygen atoms in total. The van der Waals surface area contributed by atoms with Crippen LogP contribution >= 0.6 is 0 Å². The molecule has 0 saturated carbocycles. The van der Waals surface area contributed by atoms with E-state index in [1.165, 1.54) is 0 Å². The van der Waals surface area contributed by atoms with Crippen molar-refractivity contribution in [2.45, 2.75) is 64.8 Å². The van der Waals surface area contributed by atoms with Crippen molar-refractivity contribution in [2.75, 3.05) is 19.6 Å². The largest absolute Gasteiger partial charge is 0.480 e. The lowest BCUT2D eigenvalue weighted by Gasteiger charge is -2.32. The zero-order valence-electron chi connectivity index (χ0n) is 13.3. The molecule has 2 aliphatic heterocycles. The fourth-order valence-electron chi connectivity index (χ4n) is 3.70. The molecule has 0 radical (unpaired) electrons. The number of carboxylic acid groups (broad SMARTS) is 1. The van der Waals surface area contributed by atoms with Gasteiger partial charge >= 0.3 is 12.0 Å². The average molecular weight is 296 g/mol. The summed E-state index contributed by atoms with van der Waals surface area (Å²) in [5, 5.41) is 9.41. The van der Waals surface area contributed by atoms with Crippen LogP contribution in [0.5, 0.6) is 0 Å². The van der Waals surface area contributed by atoms with Crippen molar-refractivity contribution < 1.29 is 14.7 Å². The number of hydrogen-bond donors (Lipinski definition) is 1. The second-order valence-electron chi connectivity index (χ2n) is 6.56. The molecule has 0 bridgehead atoms. The maximum atomic E-state index is 12.8. The van der Waals surface area contributed by atoms with Gasteiger partial charge in [-0.15, -0.1) is 0 Å². The zero-order valence-corrected chi connectivity index (χ0v) is 13.3. The Kier molecular flexibility index (Phi) is 5.12. The number of amides is 2. The monoisotopic (exact) mass is 296 g/mol. The second kappa shape index (κ2) is 6.67. The van der Waals surface area contributed by atoms with Crippen LogP contribution < -0.4 is 0 Å². The third kappa shape index (κ3) is 3.33. The van der Waals surface area contributed by atoms with E-state index in [1.54, 1.807) is 4.90 Å². The Balaban J connectivity index is 2.09. The Morgan fingerprint density at radius 2 is 1.86 bits per heavy atom. The van der Waals surface area contributed by atoms with E-state index in [1.807, 2.05) is 4.90 Å². The number of likely N-dealkylation sites (tertiary alicyclic amines) is 2. The van der Waals surface area contributed by atoms with Gasteiger partial charge in [-0.05, 0) is 37.5 Å². The van der Waals surface area contributed by atoms with E-state index in [9.17, 15) is 14.7 Å². The van der Waals surface area contributed by atoms with E-state index in [0.717, 1.165) is 51.6 Å². The first-order valence-electron chi connectivity index (χ1n) is 8.31. The molecule has 21 heavy (non-hydrogen) atoms. The minimum absolute atomic E-state index is 0.0620. The van der Waals surface area contributed by atoms with E-state index in [0.29, 0.717) is 13.0 Å². The highest BCUT2D eigenvalue weighted by molar-refractivity contribution is 5.83. The molecule has 2 heterocycles. The van der Waals surface area contributed by atoms with Gasteiger partial charge in [0.25, 0.3) is 0 Å². The molecule has 2 amide bonds. The summed E-state index contributed by atoms with van der Waals surface area (Å²) in [4.78, 5) is 27.7. The van der Waals surface area contributed by atoms with Gasteiger partial charge in [0.15, 0.2) is 0 Å². The van der Waals surface area contributed by atoms with Gasteiger partial charge in [0.05, 0.1) is 0 Å². The number of carbonyl (C=O) groups excluding carboxylic acids is 1. The van der Waals surface area contributed by atoms with Crippen LogP contribution in [-0.2, 0) is 4.79 Å². The van der Waals surface area contributed by atoms with Crippen LogP contribution in [0.4, 0.5) is 4.79 Å². The third-order valence-electron chi connectivity index (χ3n) is 5.49. The summed E-state index contributed by atoms with van der Waals surface area (Å²) in [6.45, 7) is 6.50. The third-order valence-corrected chi connectivity index (χ3v) is 5.49. The van der Waals surface area contributed by atoms with Crippen molar-refractivity contribution in [3.63, 3.8) is 0 Å². The van der Waals surface area contributed by atoms with Gasteiger partial charge in [-0.25, -0.2) is 9.59 Å². The normalized spacial score (nSPS) is 25.7. The van der Waals surface area contributed by atoms with Gasteiger partial charge in [0, 0.05) is 19.6 Å². The lowest BCUT2D eigenvalue weighted by atomic mass is 9.82. The molecule has 1 N–H and O–H groups in total. The van der Waals surface area contributed by atoms with E-state index in [-0.39, 0.29) is 11.4 Å². The first-order chi connectivity index (χ1) is 10.0. The molecule has 1 unspecified atom stereocenters. The molecule has 0 aromatic rings. The number of carbonyl (C=O) groups is 2. The van der Waals surface area contributed by atoms with E-state index in [4.69, 9.17) is 0 Å². The molecule has 1 atom stereocenters. The van der Waals surface area contributed by atoms with Crippen molar-refractivity contribution in [2.24, 2.45) is 5.41 Å². The quantitative estimate of drug-likeness (QED) is 0.871. The Labute approximate surface area is 127 Å². The van der Waals surface area contributed by atoms with E-state index in [2.05, 4.69) is 13.8 Å². The summed E-state index contributed by atoms with van der Waals surface area (Å²) in [7, 11) is 0. The summed E-state index contributed by atoms with van der Waals surface area (Å²) in [6.07, 6.45) is 6.61. The van der Waals surface area contributed by atoms with Gasteiger partial charge in [-0.1, -0.05) is 26.7 Å². The molecule has 0 aromatic carbocycles. The van der Waals surface area contributed by atoms with Crippen LogP contribution in [-0.4, -0.2) is 52.6 Å². The maximum Gasteiger partial charge on any atom is 0.326 e. The lowest BCUT2D eigenvalue weighted by molar-refractivity contribution is -0.142. The van der Waals surface area contributed by atoms with E-state index >= 15 is 0 Å². The molecule has 2 saturated heterocycles. The van der Waals surface area contributed by atoms with Crippen molar-refractivity contribution >= 4 is 12.0 Å². The van der Waals surface area contributed by atoms with Crippen LogP contribution in [0.25, 0.3) is 0 Å². The topological polar surface area (TPSA) is 60.9 Å². The molecule has 0 aromatic heterocycles. The predicted octanol–water partition coefficient (Wildman–Crippen LogP) is 2.95. The minimum Gasteiger partial charge on any atom is -0.480 e. The number of aliphatic carboxylic acids is 1. The molecule has 2 aliphatic rings. The zero-order chi connectivity index (χ0) is 15.5. The summed E-state index contributed by atoms with van der Waals surface area (Å²) >= 11 is 0. The Morgan fingerprint density at radius 1 is 1.14 bits per heavy atom. The van der Waals surface area contributed by atoms with Crippen molar-refractivity contribution in [1.82, 2.24) is 9.80 Å². The van der Waals surface area contributed by atoms with Gasteiger partial charge < -0.3 is 14.9 Å². The summed E-state index contributed by atoms with van der Waals surface area (Å²) in [5.74, 6) is -0.860. The number of rotatable bonds is 3. The van der Waals surface area contributed by atoms with Crippen LogP contribution in [0.1, 0.15) is 58.8 Å². The summed E-state index contributed by atoms with van der Waals surface area (Å²) in [5.41, 5.74) is 0.236. The number of hydrogen-bond acceptors (Lipinski definition) is 2. The maximum absolute atomic E-state index is 12.8. The highest BCUT2D eigenvalue weighted by Gasteiger charge is 2.40. The van der Waals surface area contributed by atoms with Crippen molar-refractivity contribution in [1.29, 1.82) is 0 Å². The smallest absolute Gasteiger partial charge is 0.326 e. The first kappa shape index (κ1) is 16.1. The molecular formula is C16H28N2O3. The van der Waals surface area contributed by atoms with Crippen molar-refractivity contribution in [3.8, 4) is 0 Å². The van der Waals surface area contributed by atoms with Crippen molar-refractivity contribution in [3.05, 3.63) is 0 Å². The summed E-state index contributed by atoms with van der Waals surface area (Å²) in [6, 6.07) is -0.702. The lowest BCUT2D eigenvalue weighted by Crippen LogP contribution is -2.50. The SMILES string of the molecule is CCC1(CC)CCN(C(=O)N2CCCCCC2C(=O)O)C1. The fraction of sp³-hybridized carbons (Fsp3) is 0.875. The molecule has 5 heteroatoms. The predicted molar refractivity (Wildman–Crippen MR) is 81.2 cm³/mol. The molecule has 2 fully saturated rings. The van der Waals surface area contributed by atoms with Crippen LogP contribution in [0, 0.1) is 5.41 Å². The molecular weight excluding hydrogens is 268 g/mol. The minimum atomic E-state index is -0.860. The standard InChI is InChI=1S/C16H28N2O3/c1-3-16(4-2)9-11-17(12-16)15(21)18-10-7-5-6-8-13(18)14(19)20/h13H,3-12H2,1-2H3,(H,19,20). The number of urea groups is 1. The molecule has 0 aliphatic carbocycles. The molecule has 0 spiro atoms. The first-order valence-corrected chi connectivity index (χ1v) is 8.31. The van der Waals surface area contributed by atoms with Crippen LogP contribution in [0.2, 0.25) is 0 Å². The Bertz CT molecular complexity index is 393. The van der Waals surface area contributed by atoms with Crippen LogP contribution in [0.15, 0.2) is 0 Å². The van der Waals surface area contributed by atoms with E-state index < -0.39 is 12.0 Å². The highest BCUT2D eigenvalue weighted by atomic mass is 16.4. The molecule has 120 valence electrons. The number of carboxylic acids is 1. The fourth-order valence-corrected chi connectivity index (χ4v) is 3.70. The molecule has 2 rings (SSSR count). The Morgan fingerprint density at radius 3 is 2.43 bits per heavy atom. The van der Waals surface area contributed by atoms with Gasteiger partial charge in [-0.2, -0.15) is 0 Å². The Hall–Kier alpha value is -1.26.